The lowest BCUT2D eigenvalue weighted by Gasteiger charge is -2.18. The number of esters is 1. The van der Waals surface area contributed by atoms with E-state index < -0.39 is 0 Å². The van der Waals surface area contributed by atoms with E-state index in [4.69, 9.17) is 9.72 Å². The van der Waals surface area contributed by atoms with Crippen molar-refractivity contribution in [2.75, 3.05) is 6.61 Å². The Morgan fingerprint density at radius 1 is 1.08 bits per heavy atom. The lowest BCUT2D eigenvalue weighted by atomic mass is 9.95. The van der Waals surface area contributed by atoms with Gasteiger partial charge in [0, 0.05) is 5.69 Å². The molecule has 1 aliphatic rings. The van der Waals surface area contributed by atoms with E-state index in [-0.39, 0.29) is 5.97 Å². The maximum Gasteiger partial charge on any atom is 0.337 e. The molecule has 0 radical (unpaired) electrons. The van der Waals surface area contributed by atoms with Gasteiger partial charge in [-0.15, -0.1) is 0 Å². The zero-order valence-corrected chi connectivity index (χ0v) is 22.8. The van der Waals surface area contributed by atoms with Crippen molar-refractivity contribution in [3.8, 4) is 0 Å². The number of nitrogens with one attached hydrogen (secondary N) is 1. The van der Waals surface area contributed by atoms with Gasteiger partial charge in [0.1, 0.15) is 0 Å². The zero-order valence-electron chi connectivity index (χ0n) is 22.8. The number of benzene rings is 1. The lowest BCUT2D eigenvalue weighted by Crippen LogP contribution is -2.25. The number of rotatable bonds is 13. The topological polar surface area (TPSA) is 51.2 Å². The molecule has 0 amide bonds. The summed E-state index contributed by atoms with van der Waals surface area (Å²) in [4.78, 5) is 17.5. The highest BCUT2D eigenvalue weighted by molar-refractivity contribution is 5.97. The van der Waals surface area contributed by atoms with Gasteiger partial charge in [0.2, 0.25) is 0 Å². The van der Waals surface area contributed by atoms with Crippen molar-refractivity contribution >= 4 is 29.9 Å². The standard InChI is InChI=1S/C33H42N2O2/c1-5-7-8-9-10-11-12-13-22-37-33(36)27(6-2)23-29-24-28(20-19-25(29)3)30-17-15-21-34-32(30)31-18-14-16-26(4)35-31/h6,14-16,18-21,23-24,34H,3,5,7-13,17,22H2,1-2,4H3/b27-6+,29-23-. The van der Waals surface area contributed by atoms with E-state index in [0.29, 0.717) is 12.2 Å². The van der Waals surface area contributed by atoms with E-state index >= 15 is 0 Å². The van der Waals surface area contributed by atoms with Crippen molar-refractivity contribution in [1.82, 2.24) is 10.3 Å². The molecular formula is C33H42N2O2. The number of aryl methyl sites for hydroxylation is 1. The molecule has 196 valence electrons. The predicted octanol–water partition coefficient (Wildman–Crippen LogP) is 6.59. The van der Waals surface area contributed by atoms with Gasteiger partial charge in [0.05, 0.1) is 23.6 Å². The fourth-order valence-electron chi connectivity index (χ4n) is 4.51. The lowest BCUT2D eigenvalue weighted by molar-refractivity contribution is -0.138. The molecule has 1 aromatic heterocycles. The third-order valence-corrected chi connectivity index (χ3v) is 6.70. The molecule has 2 heterocycles. The fourth-order valence-corrected chi connectivity index (χ4v) is 4.51. The predicted molar refractivity (Wildman–Crippen MR) is 156 cm³/mol. The van der Waals surface area contributed by atoms with Gasteiger partial charge in [-0.1, -0.05) is 88.8 Å². The number of aromatic nitrogens is 1. The molecule has 1 aliphatic heterocycles. The maximum absolute atomic E-state index is 12.8. The highest BCUT2D eigenvalue weighted by Crippen LogP contribution is 2.28. The molecule has 0 saturated carbocycles. The minimum atomic E-state index is -0.276. The molecule has 1 aromatic carbocycles. The van der Waals surface area contributed by atoms with Crippen LogP contribution in [0.1, 0.15) is 88.6 Å². The summed E-state index contributed by atoms with van der Waals surface area (Å²) >= 11 is 0. The van der Waals surface area contributed by atoms with E-state index in [9.17, 15) is 4.79 Å². The van der Waals surface area contributed by atoms with Gasteiger partial charge in [-0.25, -0.2) is 4.79 Å². The molecule has 1 N–H and O–H groups in total. The van der Waals surface area contributed by atoms with Gasteiger partial charge in [-0.05, 0) is 78.7 Å². The summed E-state index contributed by atoms with van der Waals surface area (Å²) in [6.07, 6.45) is 18.3. The summed E-state index contributed by atoms with van der Waals surface area (Å²) in [5.41, 5.74) is 5.70. The summed E-state index contributed by atoms with van der Waals surface area (Å²) in [7, 11) is 0. The number of ether oxygens (including phenoxy) is 1. The van der Waals surface area contributed by atoms with Crippen LogP contribution in [0.25, 0.3) is 23.9 Å². The number of allylic oxidation sites excluding steroid dienone is 3. The first kappa shape index (κ1) is 28.2. The van der Waals surface area contributed by atoms with Gasteiger partial charge in [-0.2, -0.15) is 0 Å². The SMILES string of the molecule is C=c1ccc(C2=C(c3cccc(C)n3)NC=CC2)c/c1=C/C(=C\C)C(=O)OCCCCCCCCCC. The number of hydrogen-bond donors (Lipinski definition) is 1. The van der Waals surface area contributed by atoms with Gasteiger partial charge >= 0.3 is 5.97 Å². The quantitative estimate of drug-likeness (QED) is 0.192. The summed E-state index contributed by atoms with van der Waals surface area (Å²) in [6, 6.07) is 12.2. The molecule has 0 fully saturated rings. The second kappa shape index (κ2) is 15.0. The van der Waals surface area contributed by atoms with Gasteiger partial charge in [0.25, 0.3) is 0 Å². The Morgan fingerprint density at radius 3 is 2.57 bits per heavy atom. The Bertz CT molecular complexity index is 1250. The van der Waals surface area contributed by atoms with E-state index in [1.165, 1.54) is 38.5 Å². The Balaban J connectivity index is 1.70. The van der Waals surface area contributed by atoms with Crippen molar-refractivity contribution in [3.63, 3.8) is 0 Å². The summed E-state index contributed by atoms with van der Waals surface area (Å²) < 4.78 is 5.59. The number of pyridine rings is 1. The van der Waals surface area contributed by atoms with Crippen LogP contribution in [0.2, 0.25) is 0 Å². The zero-order chi connectivity index (χ0) is 26.5. The molecule has 2 aromatic rings. The van der Waals surface area contributed by atoms with Crippen molar-refractivity contribution in [3.05, 3.63) is 87.7 Å². The molecule has 0 spiro atoms. The Labute approximate surface area is 222 Å². The molecular weight excluding hydrogens is 456 g/mol. The molecule has 0 unspecified atom stereocenters. The van der Waals surface area contributed by atoms with Crippen molar-refractivity contribution in [2.45, 2.75) is 78.6 Å². The largest absolute Gasteiger partial charge is 0.462 e. The monoisotopic (exact) mass is 498 g/mol. The van der Waals surface area contributed by atoms with Crippen LogP contribution in [0.3, 0.4) is 0 Å². The summed E-state index contributed by atoms with van der Waals surface area (Å²) in [5, 5.41) is 5.17. The molecule has 0 aliphatic carbocycles. The van der Waals surface area contributed by atoms with Crippen LogP contribution in [-0.2, 0) is 9.53 Å². The number of carbonyl (C=O) groups is 1. The number of hydrogen-bond acceptors (Lipinski definition) is 4. The normalized spacial score (nSPS) is 14.1. The van der Waals surface area contributed by atoms with Crippen LogP contribution in [0.5, 0.6) is 0 Å². The van der Waals surface area contributed by atoms with E-state index in [1.807, 2.05) is 56.5 Å². The summed E-state index contributed by atoms with van der Waals surface area (Å²) in [6.45, 7) is 10.8. The van der Waals surface area contributed by atoms with Gasteiger partial charge in [-0.3, -0.25) is 4.98 Å². The van der Waals surface area contributed by atoms with Gasteiger partial charge < -0.3 is 10.1 Å². The average Bonchev–Trinajstić information content (AvgIpc) is 2.91. The Morgan fingerprint density at radius 2 is 1.84 bits per heavy atom. The minimum Gasteiger partial charge on any atom is -0.462 e. The fraction of sp³-hybridized carbons (Fsp3) is 0.394. The Hall–Kier alpha value is -3.40. The first-order chi connectivity index (χ1) is 18.0. The smallest absolute Gasteiger partial charge is 0.337 e. The molecule has 0 bridgehead atoms. The number of dihydropyridines is 1. The van der Waals surface area contributed by atoms with Crippen molar-refractivity contribution in [2.24, 2.45) is 0 Å². The second-order valence-electron chi connectivity index (χ2n) is 9.68. The number of unbranched alkanes of at least 4 members (excludes halogenated alkanes) is 7. The van der Waals surface area contributed by atoms with Crippen LogP contribution < -0.4 is 15.8 Å². The molecule has 37 heavy (non-hydrogen) atoms. The van der Waals surface area contributed by atoms with Gasteiger partial charge in [0.15, 0.2) is 0 Å². The van der Waals surface area contributed by atoms with E-state index in [0.717, 1.165) is 57.9 Å². The van der Waals surface area contributed by atoms with Crippen LogP contribution in [0, 0.1) is 6.92 Å². The number of carbonyl (C=O) groups excluding carboxylic acids is 1. The first-order valence-electron chi connectivity index (χ1n) is 13.8. The maximum atomic E-state index is 12.8. The molecule has 3 rings (SSSR count). The van der Waals surface area contributed by atoms with Crippen molar-refractivity contribution < 1.29 is 9.53 Å². The third-order valence-electron chi connectivity index (χ3n) is 6.70. The number of nitrogens with zero attached hydrogens (tertiary/aromatic N) is 1. The molecule has 4 nitrogen and oxygen atoms in total. The van der Waals surface area contributed by atoms with Crippen molar-refractivity contribution in [1.29, 1.82) is 0 Å². The first-order valence-corrected chi connectivity index (χ1v) is 13.8. The second-order valence-corrected chi connectivity index (χ2v) is 9.68. The third kappa shape index (κ3) is 8.59. The average molecular weight is 499 g/mol. The molecule has 0 saturated heterocycles. The highest BCUT2D eigenvalue weighted by atomic mass is 16.5. The molecule has 4 heteroatoms. The van der Waals surface area contributed by atoms with E-state index in [2.05, 4.69) is 37.0 Å². The van der Waals surface area contributed by atoms with E-state index in [1.54, 1.807) is 0 Å². The molecule has 0 atom stereocenters. The highest BCUT2D eigenvalue weighted by Gasteiger charge is 2.15. The minimum absolute atomic E-state index is 0.276. The van der Waals surface area contributed by atoms with Crippen LogP contribution in [0.4, 0.5) is 0 Å². The summed E-state index contributed by atoms with van der Waals surface area (Å²) in [5.74, 6) is -0.276. The van der Waals surface area contributed by atoms with Crippen LogP contribution in [0.15, 0.2) is 60.3 Å². The van der Waals surface area contributed by atoms with Crippen LogP contribution in [-0.4, -0.2) is 17.6 Å². The van der Waals surface area contributed by atoms with Crippen LogP contribution >= 0.6 is 0 Å². The Kier molecular flexibility index (Phi) is 11.4.